The van der Waals surface area contributed by atoms with Gasteiger partial charge in [-0.15, -0.1) is 0 Å². The molecule has 31 heavy (non-hydrogen) atoms. The average molecular weight is 419 g/mol. The molecule has 5 rings (SSSR count). The number of anilines is 1. The summed E-state index contributed by atoms with van der Waals surface area (Å²) in [6, 6.07) is 6.59. The van der Waals surface area contributed by atoms with Crippen LogP contribution in [0, 0.1) is 0 Å². The number of H-pyrrole nitrogens is 1. The molecule has 0 radical (unpaired) electrons. The second kappa shape index (κ2) is 7.90. The van der Waals surface area contributed by atoms with Gasteiger partial charge in [0, 0.05) is 43.2 Å². The quantitative estimate of drug-likeness (QED) is 0.459. The van der Waals surface area contributed by atoms with Gasteiger partial charge in [-0.1, -0.05) is 0 Å². The van der Waals surface area contributed by atoms with E-state index in [-0.39, 0.29) is 18.0 Å². The molecule has 3 N–H and O–H groups in total. The van der Waals surface area contributed by atoms with E-state index >= 15 is 0 Å². The molecule has 9 heteroatoms. The molecular formula is C22H25N7O2. The monoisotopic (exact) mass is 419 g/mol. The largest absolute Gasteiger partial charge is 0.480 e. The smallest absolute Gasteiger partial charge is 0.228 e. The first-order valence-electron chi connectivity index (χ1n) is 10.5. The molecule has 0 saturated heterocycles. The van der Waals surface area contributed by atoms with Crippen molar-refractivity contribution in [2.75, 3.05) is 12.4 Å². The number of hydrogen-bond donors (Lipinski definition) is 3. The van der Waals surface area contributed by atoms with E-state index in [0.29, 0.717) is 11.8 Å². The second-order valence-corrected chi connectivity index (χ2v) is 7.99. The van der Waals surface area contributed by atoms with Gasteiger partial charge in [0.15, 0.2) is 0 Å². The molecule has 4 aromatic rings. The van der Waals surface area contributed by atoms with Crippen LogP contribution in [-0.2, 0) is 4.79 Å². The van der Waals surface area contributed by atoms with Gasteiger partial charge in [-0.2, -0.15) is 15.1 Å². The molecule has 0 aliphatic heterocycles. The van der Waals surface area contributed by atoms with E-state index in [2.05, 4.69) is 31.8 Å². The summed E-state index contributed by atoms with van der Waals surface area (Å²) in [5.41, 5.74) is 3.76. The molecule has 4 aromatic heterocycles. The van der Waals surface area contributed by atoms with E-state index in [1.165, 1.54) is 0 Å². The third-order valence-electron chi connectivity index (χ3n) is 5.87. The van der Waals surface area contributed by atoms with Gasteiger partial charge >= 0.3 is 0 Å². The van der Waals surface area contributed by atoms with Crippen molar-refractivity contribution >= 4 is 28.4 Å². The predicted octanol–water partition coefficient (Wildman–Crippen LogP) is 3.14. The summed E-state index contributed by atoms with van der Waals surface area (Å²) in [5.74, 6) is 1.11. The van der Waals surface area contributed by atoms with Crippen molar-refractivity contribution < 1.29 is 9.53 Å². The number of carbonyl (C=O) groups excluding carboxylic acids is 1. The highest BCUT2D eigenvalue weighted by Crippen LogP contribution is 2.35. The predicted molar refractivity (Wildman–Crippen MR) is 118 cm³/mol. The number of nitrogens with one attached hydrogen (secondary N) is 3. The number of aromatic amines is 1. The summed E-state index contributed by atoms with van der Waals surface area (Å²) in [7, 11) is 1.63. The number of fused-ring (bicyclic) bond motifs is 2. The Labute approximate surface area is 179 Å². The van der Waals surface area contributed by atoms with E-state index in [1.807, 2.05) is 29.0 Å². The lowest BCUT2D eigenvalue weighted by Crippen LogP contribution is -2.39. The van der Waals surface area contributed by atoms with Gasteiger partial charge < -0.3 is 20.4 Å². The van der Waals surface area contributed by atoms with Gasteiger partial charge in [0.1, 0.15) is 5.65 Å². The summed E-state index contributed by atoms with van der Waals surface area (Å²) in [6.07, 6.45) is 9.45. The van der Waals surface area contributed by atoms with Gasteiger partial charge in [0.25, 0.3) is 0 Å². The molecule has 0 unspecified atom stereocenters. The fourth-order valence-corrected chi connectivity index (χ4v) is 4.38. The fraction of sp³-hybridized carbons (Fsp3) is 0.364. The molecule has 160 valence electrons. The zero-order valence-corrected chi connectivity index (χ0v) is 17.6. The number of carbonyl (C=O) groups is 1. The van der Waals surface area contributed by atoms with Crippen molar-refractivity contribution in [2.45, 2.75) is 44.7 Å². The SMILES string of the molecule is COc1nc(N[C@H]2CC[C@@H](NC(C)=O)CC2)nc2[nH]cc(-c3ccn4nccc4c3)c12. The fourth-order valence-electron chi connectivity index (χ4n) is 4.38. The first-order valence-corrected chi connectivity index (χ1v) is 10.5. The average Bonchev–Trinajstić information content (AvgIpc) is 3.40. The Morgan fingerprint density at radius 3 is 2.77 bits per heavy atom. The number of hydrogen-bond acceptors (Lipinski definition) is 6. The van der Waals surface area contributed by atoms with Crippen LogP contribution in [0.15, 0.2) is 36.8 Å². The molecule has 1 aliphatic carbocycles. The minimum Gasteiger partial charge on any atom is -0.480 e. The van der Waals surface area contributed by atoms with Crippen molar-refractivity contribution in [1.82, 2.24) is 29.9 Å². The Hall–Kier alpha value is -3.62. The molecule has 1 amide bonds. The van der Waals surface area contributed by atoms with Crippen molar-refractivity contribution in [3.63, 3.8) is 0 Å². The number of rotatable bonds is 5. The summed E-state index contributed by atoms with van der Waals surface area (Å²) in [5, 5.41) is 11.6. The molecule has 1 saturated carbocycles. The first-order chi connectivity index (χ1) is 15.1. The zero-order valence-electron chi connectivity index (χ0n) is 17.6. The maximum absolute atomic E-state index is 11.3. The van der Waals surface area contributed by atoms with E-state index < -0.39 is 0 Å². The minimum atomic E-state index is 0.0323. The van der Waals surface area contributed by atoms with Gasteiger partial charge in [-0.3, -0.25) is 4.79 Å². The Balaban J connectivity index is 1.40. The van der Waals surface area contributed by atoms with Crippen molar-refractivity contribution in [2.24, 2.45) is 0 Å². The third-order valence-corrected chi connectivity index (χ3v) is 5.87. The summed E-state index contributed by atoms with van der Waals surface area (Å²) in [6.45, 7) is 1.57. The minimum absolute atomic E-state index is 0.0323. The number of methoxy groups -OCH3 is 1. The van der Waals surface area contributed by atoms with Crippen LogP contribution in [0.4, 0.5) is 5.95 Å². The number of amides is 1. The van der Waals surface area contributed by atoms with Crippen molar-refractivity contribution in [3.8, 4) is 17.0 Å². The standard InChI is InChI=1S/C22H25N7O2/c1-13(30)25-15-3-5-16(6-4-15)26-22-27-20-19(21(28-22)31-2)18(12-23-20)14-8-10-29-17(11-14)7-9-24-29/h7-12,15-16H,3-6H2,1-2H3,(H,25,30)(H2,23,26,27,28)/t15-,16+. The van der Waals surface area contributed by atoms with Gasteiger partial charge in [-0.25, -0.2) is 4.52 Å². The van der Waals surface area contributed by atoms with Crippen LogP contribution in [0.25, 0.3) is 27.7 Å². The lowest BCUT2D eigenvalue weighted by molar-refractivity contribution is -0.119. The van der Waals surface area contributed by atoms with Crippen LogP contribution in [-0.4, -0.2) is 49.7 Å². The first kappa shape index (κ1) is 19.3. The number of aromatic nitrogens is 5. The second-order valence-electron chi connectivity index (χ2n) is 7.99. The lowest BCUT2D eigenvalue weighted by Gasteiger charge is -2.29. The molecule has 0 aromatic carbocycles. The van der Waals surface area contributed by atoms with Crippen LogP contribution in [0.2, 0.25) is 0 Å². The molecule has 1 aliphatic rings. The number of pyridine rings is 1. The normalized spacial score (nSPS) is 18.9. The maximum Gasteiger partial charge on any atom is 0.228 e. The van der Waals surface area contributed by atoms with Crippen LogP contribution in [0.1, 0.15) is 32.6 Å². The number of ether oxygens (including phenoxy) is 1. The Kier molecular flexibility index (Phi) is 4.93. The maximum atomic E-state index is 11.3. The highest BCUT2D eigenvalue weighted by Gasteiger charge is 2.23. The Morgan fingerprint density at radius 2 is 2.00 bits per heavy atom. The topological polar surface area (TPSA) is 109 Å². The molecular weight excluding hydrogens is 394 g/mol. The summed E-state index contributed by atoms with van der Waals surface area (Å²) >= 11 is 0. The van der Waals surface area contributed by atoms with Crippen molar-refractivity contribution in [3.05, 3.63) is 36.8 Å². The van der Waals surface area contributed by atoms with E-state index in [0.717, 1.165) is 53.4 Å². The molecule has 4 heterocycles. The van der Waals surface area contributed by atoms with Crippen LogP contribution in [0.3, 0.4) is 0 Å². The summed E-state index contributed by atoms with van der Waals surface area (Å²) < 4.78 is 7.46. The van der Waals surface area contributed by atoms with Crippen molar-refractivity contribution in [1.29, 1.82) is 0 Å². The van der Waals surface area contributed by atoms with E-state index in [9.17, 15) is 4.79 Å². The van der Waals surface area contributed by atoms with Crippen LogP contribution < -0.4 is 15.4 Å². The van der Waals surface area contributed by atoms with Crippen LogP contribution >= 0.6 is 0 Å². The molecule has 0 spiro atoms. The highest BCUT2D eigenvalue weighted by molar-refractivity contribution is 5.98. The van der Waals surface area contributed by atoms with Gasteiger partial charge in [0.05, 0.1) is 18.0 Å². The molecule has 1 fully saturated rings. The van der Waals surface area contributed by atoms with E-state index in [1.54, 1.807) is 20.2 Å². The van der Waals surface area contributed by atoms with Crippen LogP contribution in [0.5, 0.6) is 5.88 Å². The molecule has 0 bridgehead atoms. The molecule has 9 nitrogen and oxygen atoms in total. The highest BCUT2D eigenvalue weighted by atomic mass is 16.5. The van der Waals surface area contributed by atoms with E-state index in [4.69, 9.17) is 9.72 Å². The Morgan fingerprint density at radius 1 is 1.19 bits per heavy atom. The van der Waals surface area contributed by atoms with Gasteiger partial charge in [0.2, 0.25) is 17.7 Å². The Bertz CT molecular complexity index is 1240. The third kappa shape index (κ3) is 3.78. The van der Waals surface area contributed by atoms with Gasteiger partial charge in [-0.05, 0) is 49.4 Å². The lowest BCUT2D eigenvalue weighted by atomic mass is 9.91. The molecule has 0 atom stereocenters. The summed E-state index contributed by atoms with van der Waals surface area (Å²) in [4.78, 5) is 23.9. The zero-order chi connectivity index (χ0) is 21.4. The number of nitrogens with zero attached hydrogens (tertiary/aromatic N) is 4.